The van der Waals surface area contributed by atoms with Gasteiger partial charge in [-0.25, -0.2) is 4.98 Å². The Morgan fingerprint density at radius 2 is 1.65 bits per heavy atom. The van der Waals surface area contributed by atoms with E-state index in [1.54, 1.807) is 0 Å². The number of aromatic nitrogens is 1. The summed E-state index contributed by atoms with van der Waals surface area (Å²) in [6, 6.07) is 15.7. The van der Waals surface area contributed by atoms with Gasteiger partial charge in [0.2, 0.25) is 5.91 Å². The highest BCUT2D eigenvalue weighted by atomic mass is 16.2. The molecule has 1 aliphatic carbocycles. The number of hydrogen-bond donors (Lipinski definition) is 0. The number of amides is 1. The van der Waals surface area contributed by atoms with Crippen LogP contribution < -0.4 is 9.80 Å². The van der Waals surface area contributed by atoms with E-state index < -0.39 is 0 Å². The van der Waals surface area contributed by atoms with E-state index in [-0.39, 0.29) is 5.41 Å². The molecule has 4 heterocycles. The number of rotatable bonds is 3. The summed E-state index contributed by atoms with van der Waals surface area (Å²) in [5.74, 6) is 1.37. The van der Waals surface area contributed by atoms with Crippen LogP contribution in [0.1, 0.15) is 45.1 Å². The summed E-state index contributed by atoms with van der Waals surface area (Å²) in [6.45, 7) is 8.84. The number of fused-ring (bicyclic) bond motifs is 2. The SMILES string of the molecule is CC1(C)CN(C2CC(N3C(=O)C4(CCN(c5ccccn5)CC4)c4ccccc43)C2)C1. The number of pyridine rings is 1. The second kappa shape index (κ2) is 6.80. The van der Waals surface area contributed by atoms with Gasteiger partial charge < -0.3 is 9.80 Å². The molecule has 1 aromatic carbocycles. The minimum atomic E-state index is -0.355. The van der Waals surface area contributed by atoms with Crippen molar-refractivity contribution in [2.24, 2.45) is 5.41 Å². The van der Waals surface area contributed by atoms with E-state index in [1.165, 1.54) is 24.3 Å². The molecule has 2 saturated heterocycles. The predicted octanol–water partition coefficient (Wildman–Crippen LogP) is 3.84. The molecule has 6 rings (SSSR count). The lowest BCUT2D eigenvalue weighted by Gasteiger charge is -2.55. The number of para-hydroxylation sites is 1. The fraction of sp³-hybridized carbons (Fsp3) is 0.538. The number of piperidine rings is 1. The monoisotopic (exact) mass is 416 g/mol. The molecule has 0 radical (unpaired) electrons. The summed E-state index contributed by atoms with van der Waals surface area (Å²) in [5, 5.41) is 0. The predicted molar refractivity (Wildman–Crippen MR) is 123 cm³/mol. The van der Waals surface area contributed by atoms with Crippen LogP contribution in [-0.4, -0.2) is 54.1 Å². The third kappa shape index (κ3) is 2.93. The van der Waals surface area contributed by atoms with Gasteiger partial charge in [-0.15, -0.1) is 0 Å². The van der Waals surface area contributed by atoms with Gasteiger partial charge in [-0.05, 0) is 54.9 Å². The van der Waals surface area contributed by atoms with Crippen LogP contribution in [0.2, 0.25) is 0 Å². The molecule has 2 aromatic rings. The van der Waals surface area contributed by atoms with E-state index in [0.717, 1.165) is 44.6 Å². The van der Waals surface area contributed by atoms with Crippen LogP contribution >= 0.6 is 0 Å². The van der Waals surface area contributed by atoms with Crippen molar-refractivity contribution in [2.75, 3.05) is 36.0 Å². The number of nitrogens with zero attached hydrogens (tertiary/aromatic N) is 4. The van der Waals surface area contributed by atoms with Gasteiger partial charge in [0.15, 0.2) is 0 Å². The molecule has 5 nitrogen and oxygen atoms in total. The van der Waals surface area contributed by atoms with Crippen LogP contribution in [-0.2, 0) is 10.2 Å². The van der Waals surface area contributed by atoms with Gasteiger partial charge in [0.1, 0.15) is 5.82 Å². The molecule has 1 aromatic heterocycles. The summed E-state index contributed by atoms with van der Waals surface area (Å²) < 4.78 is 0. The maximum atomic E-state index is 14.0. The van der Waals surface area contributed by atoms with Crippen LogP contribution in [0.25, 0.3) is 0 Å². The van der Waals surface area contributed by atoms with Crippen molar-refractivity contribution in [3.63, 3.8) is 0 Å². The molecule has 1 saturated carbocycles. The minimum absolute atomic E-state index is 0.349. The first-order valence-electron chi connectivity index (χ1n) is 11.8. The van der Waals surface area contributed by atoms with Crippen LogP contribution in [0.15, 0.2) is 48.7 Å². The summed E-state index contributed by atoms with van der Waals surface area (Å²) in [5.41, 5.74) is 2.54. The van der Waals surface area contributed by atoms with Crippen LogP contribution in [0, 0.1) is 5.41 Å². The third-order valence-electron chi connectivity index (χ3n) is 8.13. The normalized spacial score (nSPS) is 28.9. The Labute approximate surface area is 185 Å². The van der Waals surface area contributed by atoms with Crippen LogP contribution in [0.5, 0.6) is 0 Å². The maximum Gasteiger partial charge on any atom is 0.238 e. The summed E-state index contributed by atoms with van der Waals surface area (Å²) in [6.07, 6.45) is 5.82. The molecule has 1 spiro atoms. The molecule has 3 aliphatic heterocycles. The number of carbonyl (C=O) groups is 1. The topological polar surface area (TPSA) is 39.7 Å². The fourth-order valence-electron chi connectivity index (χ4n) is 6.43. The zero-order chi connectivity index (χ0) is 21.2. The van der Waals surface area contributed by atoms with Crippen molar-refractivity contribution >= 4 is 17.4 Å². The summed E-state index contributed by atoms with van der Waals surface area (Å²) in [4.78, 5) is 25.6. The first kappa shape index (κ1) is 19.3. The largest absolute Gasteiger partial charge is 0.357 e. The second-order valence-electron chi connectivity index (χ2n) is 10.8. The van der Waals surface area contributed by atoms with Crippen molar-refractivity contribution in [3.8, 4) is 0 Å². The van der Waals surface area contributed by atoms with Gasteiger partial charge in [-0.2, -0.15) is 0 Å². The molecular formula is C26H32N4O. The van der Waals surface area contributed by atoms with Crippen LogP contribution in [0.4, 0.5) is 11.5 Å². The molecule has 31 heavy (non-hydrogen) atoms. The summed E-state index contributed by atoms with van der Waals surface area (Å²) >= 11 is 0. The highest BCUT2D eigenvalue weighted by Gasteiger charge is 2.56. The first-order valence-corrected chi connectivity index (χ1v) is 11.8. The van der Waals surface area contributed by atoms with E-state index in [4.69, 9.17) is 0 Å². The highest BCUT2D eigenvalue weighted by Crippen LogP contribution is 2.51. The Hall–Kier alpha value is -2.40. The van der Waals surface area contributed by atoms with Gasteiger partial charge in [0.05, 0.1) is 5.41 Å². The molecule has 0 N–H and O–H groups in total. The number of benzene rings is 1. The minimum Gasteiger partial charge on any atom is -0.357 e. The summed E-state index contributed by atoms with van der Waals surface area (Å²) in [7, 11) is 0. The van der Waals surface area contributed by atoms with Crippen LogP contribution in [0.3, 0.4) is 0 Å². The zero-order valence-electron chi connectivity index (χ0n) is 18.6. The molecule has 162 valence electrons. The zero-order valence-corrected chi connectivity index (χ0v) is 18.6. The van der Waals surface area contributed by atoms with E-state index in [1.807, 2.05) is 18.3 Å². The van der Waals surface area contributed by atoms with E-state index in [2.05, 4.69) is 63.9 Å². The Bertz CT molecular complexity index is 981. The molecule has 5 heteroatoms. The van der Waals surface area contributed by atoms with E-state index >= 15 is 0 Å². The number of likely N-dealkylation sites (tertiary alicyclic amines) is 1. The molecule has 1 amide bonds. The number of carbonyl (C=O) groups excluding carboxylic acids is 1. The standard InChI is InChI=1S/C26H32N4O/c1-25(2)17-29(18-25)19-15-20(16-19)30-22-8-4-3-7-21(22)26(24(30)31)10-13-28(14-11-26)23-9-5-6-12-27-23/h3-9,12,19-20H,10-11,13-18H2,1-2H3. The smallest absolute Gasteiger partial charge is 0.238 e. The molecule has 0 unspecified atom stereocenters. The Morgan fingerprint density at radius 1 is 0.935 bits per heavy atom. The molecular weight excluding hydrogens is 384 g/mol. The van der Waals surface area contributed by atoms with Gasteiger partial charge in [-0.1, -0.05) is 38.1 Å². The second-order valence-corrected chi connectivity index (χ2v) is 10.8. The van der Waals surface area contributed by atoms with Crippen molar-refractivity contribution in [2.45, 2.75) is 57.0 Å². The number of hydrogen-bond acceptors (Lipinski definition) is 4. The van der Waals surface area contributed by atoms with Gasteiger partial charge in [0, 0.05) is 50.1 Å². The molecule has 3 fully saturated rings. The van der Waals surface area contributed by atoms with Gasteiger partial charge >= 0.3 is 0 Å². The average molecular weight is 417 g/mol. The Morgan fingerprint density at radius 3 is 2.32 bits per heavy atom. The third-order valence-corrected chi connectivity index (χ3v) is 8.13. The quantitative estimate of drug-likeness (QED) is 0.762. The lowest BCUT2D eigenvalue weighted by Crippen LogP contribution is -2.64. The Balaban J connectivity index is 1.21. The van der Waals surface area contributed by atoms with Crippen molar-refractivity contribution in [3.05, 3.63) is 54.2 Å². The lowest BCUT2D eigenvalue weighted by molar-refractivity contribution is -0.125. The average Bonchev–Trinajstić information content (AvgIpc) is 2.96. The fourth-order valence-corrected chi connectivity index (χ4v) is 6.43. The van der Waals surface area contributed by atoms with Gasteiger partial charge in [-0.3, -0.25) is 9.69 Å². The molecule has 4 aliphatic rings. The van der Waals surface area contributed by atoms with Crippen molar-refractivity contribution < 1.29 is 4.79 Å². The van der Waals surface area contributed by atoms with E-state index in [0.29, 0.717) is 23.4 Å². The maximum absolute atomic E-state index is 14.0. The van der Waals surface area contributed by atoms with E-state index in [9.17, 15) is 4.79 Å². The van der Waals surface area contributed by atoms with Gasteiger partial charge in [0.25, 0.3) is 0 Å². The number of anilines is 2. The molecule has 0 bridgehead atoms. The molecule has 0 atom stereocenters. The van der Waals surface area contributed by atoms with Crippen molar-refractivity contribution in [1.29, 1.82) is 0 Å². The first-order chi connectivity index (χ1) is 15.0. The lowest BCUT2D eigenvalue weighted by atomic mass is 9.73. The highest BCUT2D eigenvalue weighted by molar-refractivity contribution is 6.09. The Kier molecular flexibility index (Phi) is 4.23. The van der Waals surface area contributed by atoms with Crippen molar-refractivity contribution in [1.82, 2.24) is 9.88 Å².